The molecule has 0 aromatic carbocycles. The Morgan fingerprint density at radius 1 is 0.774 bits per heavy atom. The number of amides is 1. The zero-order valence-corrected chi connectivity index (χ0v) is 24.5. The molecule has 7 heteroatoms. The molecule has 0 heterocycles. The first kappa shape index (κ1) is 33.9. The van der Waals surface area contributed by atoms with Crippen LogP contribution in [0.3, 0.4) is 0 Å². The Morgan fingerprint density at radius 3 is 1.68 bits per heavy atom. The van der Waals surface area contributed by atoms with Crippen molar-refractivity contribution in [2.75, 3.05) is 19.3 Å². The van der Waals surface area contributed by atoms with Crippen LogP contribution in [-0.4, -0.2) is 43.1 Å². The van der Waals surface area contributed by atoms with Crippen molar-refractivity contribution in [3.05, 3.63) is 12.2 Å². The molecule has 31 heavy (non-hydrogen) atoms. The number of allylic oxidation sites excluding steroid dienone is 1. The van der Waals surface area contributed by atoms with Crippen molar-refractivity contribution >= 4 is 16.0 Å². The van der Waals surface area contributed by atoms with Crippen LogP contribution in [0.1, 0.15) is 116 Å². The second-order valence-corrected chi connectivity index (χ2v) is 10.0. The molecule has 0 bridgehead atoms. The zero-order valence-electron chi connectivity index (χ0n) is 20.6. The smallest absolute Gasteiger partial charge is 0.748 e. The van der Waals surface area contributed by atoms with Crippen molar-refractivity contribution < 1.29 is 69.1 Å². The van der Waals surface area contributed by atoms with Crippen LogP contribution in [0, 0.1) is 0 Å². The van der Waals surface area contributed by atoms with Gasteiger partial charge in [-0.2, -0.15) is 0 Å². The molecule has 0 atom stereocenters. The summed E-state index contributed by atoms with van der Waals surface area (Å²) < 4.78 is 31.6. The predicted molar refractivity (Wildman–Crippen MR) is 126 cm³/mol. The molecule has 0 fully saturated rings. The van der Waals surface area contributed by atoms with Gasteiger partial charge in [-0.05, 0) is 31.8 Å². The number of hydrogen-bond donors (Lipinski definition) is 0. The summed E-state index contributed by atoms with van der Waals surface area (Å²) in [7, 11) is -2.45. The van der Waals surface area contributed by atoms with Gasteiger partial charge in [0.1, 0.15) is 0 Å². The molecule has 0 saturated heterocycles. The van der Waals surface area contributed by atoms with Crippen molar-refractivity contribution in [1.29, 1.82) is 0 Å². The summed E-state index contributed by atoms with van der Waals surface area (Å²) in [6, 6.07) is 0. The molecule has 178 valence electrons. The topological polar surface area (TPSA) is 77.5 Å². The molecule has 0 rings (SSSR count). The van der Waals surface area contributed by atoms with Crippen LogP contribution < -0.4 is 51.4 Å². The van der Waals surface area contributed by atoms with E-state index >= 15 is 0 Å². The van der Waals surface area contributed by atoms with Crippen molar-refractivity contribution in [1.82, 2.24) is 4.90 Å². The molecule has 0 spiro atoms. The zero-order chi connectivity index (χ0) is 22.5. The third-order valence-electron chi connectivity index (χ3n) is 5.50. The van der Waals surface area contributed by atoms with Crippen molar-refractivity contribution in [3.8, 4) is 0 Å². The van der Waals surface area contributed by atoms with Crippen LogP contribution in [0.5, 0.6) is 0 Å². The van der Waals surface area contributed by atoms with E-state index in [1.807, 2.05) is 6.08 Å². The first-order valence-corrected chi connectivity index (χ1v) is 13.8. The molecular weight excluding hydrogens is 437 g/mol. The molecule has 0 radical (unpaired) electrons. The van der Waals surface area contributed by atoms with Gasteiger partial charge >= 0.3 is 51.4 Å². The number of rotatable bonds is 21. The van der Waals surface area contributed by atoms with E-state index in [0.29, 0.717) is 19.4 Å². The van der Waals surface area contributed by atoms with Gasteiger partial charge in [-0.25, -0.2) is 8.42 Å². The van der Waals surface area contributed by atoms with E-state index in [-0.39, 0.29) is 63.0 Å². The maximum atomic E-state index is 11.9. The SMILES string of the molecule is CCCCCCCCCCCCCCCC/C=C/C(=O)N(C)CCCCS(=O)(=O)[O-].[K+]. The number of nitrogens with zero attached hydrogens (tertiary/aromatic N) is 1. The Morgan fingerprint density at radius 2 is 1.23 bits per heavy atom. The Hall–Kier alpha value is 0.756. The fourth-order valence-electron chi connectivity index (χ4n) is 3.51. The molecule has 0 aliphatic carbocycles. The molecule has 5 nitrogen and oxygen atoms in total. The van der Waals surface area contributed by atoms with Gasteiger partial charge in [0, 0.05) is 19.3 Å². The standard InChI is InChI=1S/C24H47NO4S.K/c1-3-4-5-6-7-8-9-10-11-12-13-14-15-16-17-18-21-24(26)25(2)22-19-20-23-30(27,28)29;/h18,21H,3-17,19-20,22-23H2,1-2H3,(H,27,28,29);/q;+1/p-1/b21-18+;. The molecular formula is C24H46KNO4S. The van der Waals surface area contributed by atoms with E-state index in [9.17, 15) is 17.8 Å². The van der Waals surface area contributed by atoms with Crippen LogP contribution in [-0.2, 0) is 14.9 Å². The maximum absolute atomic E-state index is 11.9. The van der Waals surface area contributed by atoms with Gasteiger partial charge in [-0.1, -0.05) is 96.5 Å². The second kappa shape index (κ2) is 23.9. The molecule has 0 N–H and O–H groups in total. The minimum Gasteiger partial charge on any atom is -0.748 e. The van der Waals surface area contributed by atoms with Gasteiger partial charge in [0.15, 0.2) is 0 Å². The van der Waals surface area contributed by atoms with Gasteiger partial charge in [-0.15, -0.1) is 0 Å². The van der Waals surface area contributed by atoms with Crippen LogP contribution >= 0.6 is 0 Å². The van der Waals surface area contributed by atoms with Gasteiger partial charge in [0.25, 0.3) is 0 Å². The number of hydrogen-bond acceptors (Lipinski definition) is 4. The minimum absolute atomic E-state index is 0. The van der Waals surface area contributed by atoms with Gasteiger partial charge in [0.05, 0.1) is 10.1 Å². The Balaban J connectivity index is 0. The summed E-state index contributed by atoms with van der Waals surface area (Å²) in [5.41, 5.74) is 0. The van der Waals surface area contributed by atoms with Crippen LogP contribution in [0.15, 0.2) is 12.2 Å². The number of unbranched alkanes of at least 4 members (excludes halogenated alkanes) is 15. The number of carbonyl (C=O) groups is 1. The minimum atomic E-state index is -4.15. The Labute approximate surface area is 235 Å². The van der Waals surface area contributed by atoms with Gasteiger partial charge in [0.2, 0.25) is 5.91 Å². The van der Waals surface area contributed by atoms with Crippen molar-refractivity contribution in [3.63, 3.8) is 0 Å². The summed E-state index contributed by atoms with van der Waals surface area (Å²) in [6.07, 6.45) is 24.1. The summed E-state index contributed by atoms with van der Waals surface area (Å²) in [4.78, 5) is 13.5. The average molecular weight is 484 g/mol. The second-order valence-electron chi connectivity index (χ2n) is 8.52. The van der Waals surface area contributed by atoms with Crippen molar-refractivity contribution in [2.24, 2.45) is 0 Å². The molecule has 0 unspecified atom stereocenters. The molecule has 0 aliphatic rings. The molecule has 0 aliphatic heterocycles. The summed E-state index contributed by atoms with van der Waals surface area (Å²) in [5.74, 6) is -0.422. The van der Waals surface area contributed by atoms with Crippen LogP contribution in [0.25, 0.3) is 0 Å². The average Bonchev–Trinajstić information content (AvgIpc) is 2.69. The maximum Gasteiger partial charge on any atom is 1.00 e. The Kier molecular flexibility index (Phi) is 26.2. The summed E-state index contributed by atoms with van der Waals surface area (Å²) in [5, 5.41) is 0. The largest absolute Gasteiger partial charge is 1.00 e. The first-order chi connectivity index (χ1) is 14.4. The van der Waals surface area contributed by atoms with E-state index in [1.54, 1.807) is 18.0 Å². The van der Waals surface area contributed by atoms with Crippen molar-refractivity contribution in [2.45, 2.75) is 116 Å². The van der Waals surface area contributed by atoms with Gasteiger partial charge in [-0.3, -0.25) is 4.79 Å². The van der Waals surface area contributed by atoms with Crippen LogP contribution in [0.2, 0.25) is 0 Å². The molecule has 0 aromatic heterocycles. The normalized spacial score (nSPS) is 11.6. The quantitative estimate of drug-likeness (QED) is 0.109. The molecule has 0 aromatic rings. The van der Waals surface area contributed by atoms with E-state index in [0.717, 1.165) is 12.8 Å². The predicted octanol–water partition coefficient (Wildman–Crippen LogP) is 3.20. The molecule has 1 amide bonds. The monoisotopic (exact) mass is 483 g/mol. The van der Waals surface area contributed by atoms with Crippen LogP contribution in [0.4, 0.5) is 0 Å². The molecule has 0 saturated carbocycles. The van der Waals surface area contributed by atoms with E-state index in [1.165, 1.54) is 83.5 Å². The Bertz CT molecular complexity index is 538. The number of carbonyl (C=O) groups excluding carboxylic acids is 1. The number of likely N-dealkylation sites (N-methyl/N-ethyl adjacent to an activating group) is 1. The van der Waals surface area contributed by atoms with E-state index in [4.69, 9.17) is 0 Å². The fraction of sp³-hybridized carbons (Fsp3) is 0.875. The fourth-order valence-corrected chi connectivity index (χ4v) is 4.06. The van der Waals surface area contributed by atoms with E-state index < -0.39 is 10.1 Å². The summed E-state index contributed by atoms with van der Waals surface area (Å²) >= 11 is 0. The summed E-state index contributed by atoms with van der Waals surface area (Å²) in [6.45, 7) is 2.73. The van der Waals surface area contributed by atoms with Gasteiger partial charge < -0.3 is 9.45 Å². The third-order valence-corrected chi connectivity index (χ3v) is 6.29. The third kappa shape index (κ3) is 26.9. The first-order valence-electron chi connectivity index (χ1n) is 12.2. The van der Waals surface area contributed by atoms with E-state index in [2.05, 4.69) is 6.92 Å².